The molecule has 0 saturated carbocycles. The Balaban J connectivity index is 2.20. The van der Waals surface area contributed by atoms with Crippen molar-refractivity contribution in [1.82, 2.24) is 4.90 Å². The van der Waals surface area contributed by atoms with Crippen LogP contribution in [0.25, 0.3) is 0 Å². The molecule has 2 atom stereocenters. The van der Waals surface area contributed by atoms with Crippen molar-refractivity contribution in [2.75, 3.05) is 12.0 Å². The van der Waals surface area contributed by atoms with E-state index in [1.54, 1.807) is 20.8 Å². The minimum atomic E-state index is -5.17. The summed E-state index contributed by atoms with van der Waals surface area (Å²) >= 11 is 0. The van der Waals surface area contributed by atoms with Crippen LogP contribution in [0, 0.1) is 0 Å². The van der Waals surface area contributed by atoms with Gasteiger partial charge in [0.25, 0.3) is 0 Å². The van der Waals surface area contributed by atoms with Crippen LogP contribution in [0.3, 0.4) is 0 Å². The molecule has 1 aliphatic rings. The summed E-state index contributed by atoms with van der Waals surface area (Å²) in [5.74, 6) is 0. The fraction of sp³-hybridized carbons (Fsp3) is 0.481. The van der Waals surface area contributed by atoms with E-state index in [4.69, 9.17) is 9.47 Å². The monoisotopic (exact) mass is 614 g/mol. The summed E-state index contributed by atoms with van der Waals surface area (Å²) in [5.41, 5.74) is -6.34. The molecule has 6 nitrogen and oxygen atoms in total. The molecule has 232 valence electrons. The Morgan fingerprint density at radius 1 is 0.857 bits per heavy atom. The first-order valence-corrected chi connectivity index (χ1v) is 12.4. The summed E-state index contributed by atoms with van der Waals surface area (Å²) in [7, 11) is 0.898. The van der Waals surface area contributed by atoms with Crippen LogP contribution in [0.5, 0.6) is 0 Å². The van der Waals surface area contributed by atoms with E-state index >= 15 is 0 Å². The highest BCUT2D eigenvalue weighted by Crippen LogP contribution is 2.45. The minimum absolute atomic E-state index is 0.0850. The quantitative estimate of drug-likeness (QED) is 0.325. The van der Waals surface area contributed by atoms with Crippen molar-refractivity contribution >= 4 is 17.9 Å². The van der Waals surface area contributed by atoms with Gasteiger partial charge in [-0.2, -0.15) is 39.5 Å². The Kier molecular flexibility index (Phi) is 8.77. The van der Waals surface area contributed by atoms with Crippen molar-refractivity contribution in [3.8, 4) is 0 Å². The fourth-order valence-corrected chi connectivity index (χ4v) is 4.62. The number of anilines is 1. The third-order valence-electron chi connectivity index (χ3n) is 6.35. The second kappa shape index (κ2) is 11.2. The van der Waals surface area contributed by atoms with Gasteiger partial charge >= 0.3 is 30.7 Å². The Morgan fingerprint density at radius 3 is 1.83 bits per heavy atom. The van der Waals surface area contributed by atoms with Gasteiger partial charge in [0, 0.05) is 12.6 Å². The zero-order valence-electron chi connectivity index (χ0n) is 23.0. The maximum Gasteiger partial charge on any atom is 0.416 e. The molecule has 0 spiro atoms. The highest BCUT2D eigenvalue weighted by Gasteiger charge is 2.43. The molecular formula is C27H27F9N2O4. The number of nitrogens with zero attached hydrogens (tertiary/aromatic N) is 2. The summed E-state index contributed by atoms with van der Waals surface area (Å²) in [6.07, 6.45) is -17.6. The minimum Gasteiger partial charge on any atom is -0.453 e. The molecule has 0 radical (unpaired) electrons. The van der Waals surface area contributed by atoms with Gasteiger partial charge in [0.2, 0.25) is 0 Å². The lowest BCUT2D eigenvalue weighted by molar-refractivity contribution is -0.143. The van der Waals surface area contributed by atoms with Crippen molar-refractivity contribution < 1.29 is 58.6 Å². The lowest BCUT2D eigenvalue weighted by Gasteiger charge is -2.43. The smallest absolute Gasteiger partial charge is 0.416 e. The van der Waals surface area contributed by atoms with Crippen molar-refractivity contribution in [2.24, 2.45) is 0 Å². The number of carbonyl (C=O) groups is 2. The molecule has 1 aliphatic heterocycles. The van der Waals surface area contributed by atoms with Crippen LogP contribution in [0.1, 0.15) is 68.0 Å². The molecule has 3 rings (SSSR count). The lowest BCUT2D eigenvalue weighted by Crippen LogP contribution is -2.49. The molecular weight excluding hydrogens is 587 g/mol. The van der Waals surface area contributed by atoms with Crippen LogP contribution in [-0.2, 0) is 34.5 Å². The van der Waals surface area contributed by atoms with Gasteiger partial charge in [0.1, 0.15) is 5.60 Å². The first-order chi connectivity index (χ1) is 19.0. The number of methoxy groups -OCH3 is 1. The number of hydrogen-bond acceptors (Lipinski definition) is 4. The van der Waals surface area contributed by atoms with E-state index in [1.165, 1.54) is 6.92 Å². The molecule has 0 saturated heterocycles. The predicted molar refractivity (Wildman–Crippen MR) is 131 cm³/mol. The van der Waals surface area contributed by atoms with Gasteiger partial charge in [-0.05, 0) is 81.6 Å². The Bertz CT molecular complexity index is 1300. The van der Waals surface area contributed by atoms with Crippen molar-refractivity contribution in [3.05, 3.63) is 64.2 Å². The maximum atomic E-state index is 13.7. The number of carbonyl (C=O) groups excluding carboxylic acids is 2. The van der Waals surface area contributed by atoms with Crippen LogP contribution < -0.4 is 4.90 Å². The van der Waals surface area contributed by atoms with Gasteiger partial charge in [-0.25, -0.2) is 9.59 Å². The highest BCUT2D eigenvalue weighted by molar-refractivity contribution is 5.90. The summed E-state index contributed by atoms with van der Waals surface area (Å²) in [5, 5.41) is 0. The molecule has 2 aromatic rings. The third kappa shape index (κ3) is 7.40. The largest absolute Gasteiger partial charge is 0.453 e. The number of benzene rings is 2. The molecule has 2 unspecified atom stereocenters. The number of rotatable bonds is 3. The zero-order valence-corrected chi connectivity index (χ0v) is 23.0. The number of halogens is 9. The van der Waals surface area contributed by atoms with Crippen LogP contribution in [0.2, 0.25) is 0 Å². The Hall–Kier alpha value is -3.65. The van der Waals surface area contributed by atoms with Gasteiger partial charge in [-0.1, -0.05) is 0 Å². The number of amides is 2. The second-order valence-corrected chi connectivity index (χ2v) is 10.7. The molecule has 15 heteroatoms. The van der Waals surface area contributed by atoms with Gasteiger partial charge in [-0.3, -0.25) is 9.80 Å². The van der Waals surface area contributed by atoms with E-state index in [2.05, 4.69) is 0 Å². The molecule has 0 bridgehead atoms. The Morgan fingerprint density at radius 2 is 1.38 bits per heavy atom. The SMILES string of the molecule is COC(=O)N(Cc1cc(C(F)(F)F)cc(C(F)(F)F)c1)C1CC(C)N(C(=O)OC(C)(C)C)c2ccc(C(F)(F)F)cc21. The van der Waals surface area contributed by atoms with Gasteiger partial charge in [0.15, 0.2) is 0 Å². The molecule has 0 aliphatic carbocycles. The summed E-state index contributed by atoms with van der Waals surface area (Å²) in [4.78, 5) is 27.8. The van der Waals surface area contributed by atoms with E-state index in [1.807, 2.05) is 0 Å². The number of hydrogen-bond donors (Lipinski definition) is 0. The van der Waals surface area contributed by atoms with Crippen molar-refractivity contribution in [3.63, 3.8) is 0 Å². The molecule has 0 aromatic heterocycles. The van der Waals surface area contributed by atoms with Crippen LogP contribution in [0.4, 0.5) is 54.8 Å². The van der Waals surface area contributed by atoms with E-state index < -0.39 is 77.2 Å². The van der Waals surface area contributed by atoms with Gasteiger partial charge in [-0.15, -0.1) is 0 Å². The van der Waals surface area contributed by atoms with Crippen LogP contribution in [-0.4, -0.2) is 35.8 Å². The average molecular weight is 615 g/mol. The lowest BCUT2D eigenvalue weighted by atomic mass is 9.89. The van der Waals surface area contributed by atoms with Crippen LogP contribution in [0.15, 0.2) is 36.4 Å². The molecule has 0 N–H and O–H groups in total. The average Bonchev–Trinajstić information content (AvgIpc) is 2.83. The highest BCUT2D eigenvalue weighted by atomic mass is 19.4. The second-order valence-electron chi connectivity index (χ2n) is 10.7. The van der Waals surface area contributed by atoms with E-state index in [0.717, 1.165) is 23.0 Å². The molecule has 42 heavy (non-hydrogen) atoms. The standard InChI is InChI=1S/C27H27F9N2O4/c1-14-8-21(19-12-16(25(28,29)30)6-7-20(19)38(14)23(40)42-24(2,3)4)37(22(39)41-5)13-15-9-17(26(31,32)33)11-18(10-15)27(34,35)36/h6-7,9-12,14,21H,8,13H2,1-5H3. The fourth-order valence-electron chi connectivity index (χ4n) is 4.62. The summed E-state index contributed by atoms with van der Waals surface area (Å²) in [6.45, 7) is 5.32. The summed E-state index contributed by atoms with van der Waals surface area (Å²) in [6, 6.07) is 0.920. The number of alkyl halides is 9. The zero-order chi connectivity index (χ0) is 32.0. The molecule has 0 fully saturated rings. The van der Waals surface area contributed by atoms with Gasteiger partial charge in [0.05, 0.1) is 35.5 Å². The number of ether oxygens (including phenoxy) is 2. The predicted octanol–water partition coefficient (Wildman–Crippen LogP) is 8.59. The van der Waals surface area contributed by atoms with E-state index in [-0.39, 0.29) is 23.7 Å². The van der Waals surface area contributed by atoms with Crippen molar-refractivity contribution in [1.29, 1.82) is 0 Å². The molecule has 1 heterocycles. The molecule has 2 amide bonds. The first-order valence-electron chi connectivity index (χ1n) is 12.4. The van der Waals surface area contributed by atoms with Crippen LogP contribution >= 0.6 is 0 Å². The normalized spacial score (nSPS) is 17.9. The Labute approximate surface area is 235 Å². The van der Waals surface area contributed by atoms with E-state index in [9.17, 15) is 49.1 Å². The number of fused-ring (bicyclic) bond motifs is 1. The third-order valence-corrected chi connectivity index (χ3v) is 6.35. The summed E-state index contributed by atoms with van der Waals surface area (Å²) < 4.78 is 132. The molecule has 2 aromatic carbocycles. The van der Waals surface area contributed by atoms with E-state index in [0.29, 0.717) is 24.3 Å². The first kappa shape index (κ1) is 32.9. The topological polar surface area (TPSA) is 59.1 Å². The van der Waals surface area contributed by atoms with Crippen molar-refractivity contribution in [2.45, 2.75) is 76.9 Å². The maximum absolute atomic E-state index is 13.7. The van der Waals surface area contributed by atoms with Gasteiger partial charge < -0.3 is 9.47 Å².